The molecule has 2 saturated carbocycles. The zero-order chi connectivity index (χ0) is 20.7. The van der Waals surface area contributed by atoms with E-state index < -0.39 is 11.8 Å². The van der Waals surface area contributed by atoms with Crippen LogP contribution in [0.3, 0.4) is 0 Å². The van der Waals surface area contributed by atoms with Gasteiger partial charge in [0.15, 0.2) is 0 Å². The molecule has 30 heavy (non-hydrogen) atoms. The summed E-state index contributed by atoms with van der Waals surface area (Å²) in [5.41, 5.74) is 3.55. The molecular weight excluding hydrogens is 378 g/mol. The highest BCUT2D eigenvalue weighted by molar-refractivity contribution is 6.07. The molecule has 1 aromatic carbocycles. The van der Waals surface area contributed by atoms with Crippen molar-refractivity contribution in [2.75, 3.05) is 18.0 Å². The summed E-state index contributed by atoms with van der Waals surface area (Å²) in [7, 11) is 0. The van der Waals surface area contributed by atoms with Crippen LogP contribution in [0.15, 0.2) is 24.3 Å². The normalized spacial score (nSPS) is 32.2. The van der Waals surface area contributed by atoms with Gasteiger partial charge in [0, 0.05) is 37.3 Å². The van der Waals surface area contributed by atoms with Crippen LogP contribution < -0.4 is 10.4 Å². The van der Waals surface area contributed by atoms with Crippen molar-refractivity contribution in [3.05, 3.63) is 29.8 Å². The van der Waals surface area contributed by atoms with Crippen molar-refractivity contribution in [3.8, 4) is 0 Å². The van der Waals surface area contributed by atoms with Crippen LogP contribution in [0.5, 0.6) is 0 Å². The Hall–Kier alpha value is -1.92. The van der Waals surface area contributed by atoms with Crippen molar-refractivity contribution in [1.82, 2.24) is 10.4 Å². The standard InChI is InChI=1S/C24H33N3O3/c28-22(25-30)15-20-19-9-1-2-10-21(19)27(24(20)29)18-11-13-26(14-12-18)23-16-5-3-6-17(23)8-4-7-16/h1-2,9-10,16-18,20,23,30H,3-8,11-15H2,(H,25,28). The lowest BCUT2D eigenvalue weighted by Gasteiger charge is -2.50. The van der Waals surface area contributed by atoms with Crippen molar-refractivity contribution in [2.45, 2.75) is 75.8 Å². The van der Waals surface area contributed by atoms with E-state index in [0.717, 1.165) is 55.1 Å². The van der Waals surface area contributed by atoms with Gasteiger partial charge in [-0.15, -0.1) is 0 Å². The van der Waals surface area contributed by atoms with Gasteiger partial charge in [-0.25, -0.2) is 5.48 Å². The molecule has 1 saturated heterocycles. The molecule has 0 spiro atoms. The molecule has 1 aromatic rings. The summed E-state index contributed by atoms with van der Waals surface area (Å²) in [5.74, 6) is 0.759. The zero-order valence-corrected chi connectivity index (χ0v) is 17.6. The highest BCUT2D eigenvalue weighted by Crippen LogP contribution is 2.45. The van der Waals surface area contributed by atoms with Crippen molar-refractivity contribution < 1.29 is 14.8 Å². The number of hydrogen-bond donors (Lipinski definition) is 2. The average molecular weight is 412 g/mol. The Balaban J connectivity index is 1.30. The van der Waals surface area contributed by atoms with E-state index in [4.69, 9.17) is 5.21 Å². The van der Waals surface area contributed by atoms with Crippen LogP contribution in [0.1, 0.15) is 69.3 Å². The fourth-order valence-electron chi connectivity index (χ4n) is 6.91. The molecule has 4 aliphatic rings. The van der Waals surface area contributed by atoms with Gasteiger partial charge in [0.05, 0.1) is 5.92 Å². The molecular formula is C24H33N3O3. The molecule has 2 heterocycles. The SMILES string of the molecule is O=C(CC1C(=O)N(C2CCN(C3C4CCCC3CCC4)CC2)c2ccccc21)NO. The molecule has 2 aliphatic heterocycles. The lowest BCUT2D eigenvalue weighted by molar-refractivity contribution is -0.132. The maximum absolute atomic E-state index is 13.3. The molecule has 2 amide bonds. The number of rotatable bonds is 4. The molecule has 6 heteroatoms. The number of amides is 2. The van der Waals surface area contributed by atoms with Gasteiger partial charge in [-0.1, -0.05) is 31.0 Å². The number of hydroxylamine groups is 1. The summed E-state index contributed by atoms with van der Waals surface area (Å²) in [5, 5.41) is 8.93. The van der Waals surface area contributed by atoms with E-state index in [1.165, 1.54) is 38.5 Å². The fourth-order valence-corrected chi connectivity index (χ4v) is 6.91. The van der Waals surface area contributed by atoms with Gasteiger partial charge in [0.2, 0.25) is 11.8 Å². The second-order valence-electron chi connectivity index (χ2n) is 9.70. The lowest BCUT2D eigenvalue weighted by atomic mass is 9.67. The van der Waals surface area contributed by atoms with Gasteiger partial charge < -0.3 is 4.90 Å². The number of piperidine rings is 1. The third kappa shape index (κ3) is 3.44. The van der Waals surface area contributed by atoms with Gasteiger partial charge in [0.25, 0.3) is 0 Å². The Bertz CT molecular complexity index is 783. The van der Waals surface area contributed by atoms with Gasteiger partial charge >= 0.3 is 0 Å². The first-order chi connectivity index (χ1) is 14.7. The summed E-state index contributed by atoms with van der Waals surface area (Å²) in [4.78, 5) is 29.8. The fraction of sp³-hybridized carbons (Fsp3) is 0.667. The first-order valence-electron chi connectivity index (χ1n) is 11.8. The van der Waals surface area contributed by atoms with Crippen LogP contribution in [0.2, 0.25) is 0 Å². The number of benzene rings is 1. The summed E-state index contributed by atoms with van der Waals surface area (Å²) in [6, 6.07) is 8.79. The Labute approximate surface area is 178 Å². The summed E-state index contributed by atoms with van der Waals surface area (Å²) < 4.78 is 0. The molecule has 2 bridgehead atoms. The van der Waals surface area contributed by atoms with Gasteiger partial charge in [-0.2, -0.15) is 0 Å². The minimum atomic E-state index is -0.510. The molecule has 6 nitrogen and oxygen atoms in total. The third-order valence-electron chi connectivity index (χ3n) is 8.17. The number of carbonyl (C=O) groups is 2. The van der Waals surface area contributed by atoms with Crippen LogP contribution in [-0.2, 0) is 9.59 Å². The first kappa shape index (κ1) is 20.0. The van der Waals surface area contributed by atoms with Crippen LogP contribution in [0, 0.1) is 11.8 Å². The van der Waals surface area contributed by atoms with Crippen molar-refractivity contribution >= 4 is 17.5 Å². The van der Waals surface area contributed by atoms with Crippen molar-refractivity contribution in [3.63, 3.8) is 0 Å². The van der Waals surface area contributed by atoms with E-state index in [2.05, 4.69) is 4.90 Å². The van der Waals surface area contributed by atoms with E-state index in [9.17, 15) is 9.59 Å². The maximum Gasteiger partial charge on any atom is 0.244 e. The van der Waals surface area contributed by atoms with Crippen molar-refractivity contribution in [1.29, 1.82) is 0 Å². The second kappa shape index (κ2) is 8.31. The zero-order valence-electron chi connectivity index (χ0n) is 17.6. The number of fused-ring (bicyclic) bond motifs is 3. The van der Waals surface area contributed by atoms with Gasteiger partial charge in [0.1, 0.15) is 0 Å². The van der Waals surface area contributed by atoms with Gasteiger partial charge in [-0.3, -0.25) is 19.7 Å². The number of nitrogens with one attached hydrogen (secondary N) is 1. The van der Waals surface area contributed by atoms with E-state index in [0.29, 0.717) is 0 Å². The lowest BCUT2D eigenvalue weighted by Crippen LogP contribution is -2.55. The van der Waals surface area contributed by atoms with Crippen LogP contribution in [-0.4, -0.2) is 47.1 Å². The highest BCUT2D eigenvalue weighted by Gasteiger charge is 2.44. The monoisotopic (exact) mass is 411 g/mol. The Kier molecular flexibility index (Phi) is 5.54. The van der Waals surface area contributed by atoms with E-state index in [1.54, 1.807) is 5.48 Å². The Morgan fingerprint density at radius 3 is 2.27 bits per heavy atom. The predicted octanol–water partition coefficient (Wildman–Crippen LogP) is 3.45. The summed E-state index contributed by atoms with van der Waals surface area (Å²) >= 11 is 0. The molecule has 2 aliphatic carbocycles. The smallest absolute Gasteiger partial charge is 0.244 e. The van der Waals surface area contributed by atoms with Crippen LogP contribution in [0.4, 0.5) is 5.69 Å². The molecule has 162 valence electrons. The largest absolute Gasteiger partial charge is 0.308 e. The highest BCUT2D eigenvalue weighted by atomic mass is 16.5. The molecule has 0 radical (unpaired) electrons. The minimum Gasteiger partial charge on any atom is -0.308 e. The number of nitrogens with zero attached hydrogens (tertiary/aromatic N) is 2. The predicted molar refractivity (Wildman–Crippen MR) is 114 cm³/mol. The summed E-state index contributed by atoms with van der Waals surface area (Å²) in [6.45, 7) is 2.13. The number of anilines is 1. The molecule has 0 aromatic heterocycles. The Morgan fingerprint density at radius 1 is 1.00 bits per heavy atom. The average Bonchev–Trinajstić information content (AvgIpc) is 3.04. The molecule has 2 N–H and O–H groups in total. The maximum atomic E-state index is 13.3. The molecule has 3 fully saturated rings. The molecule has 1 unspecified atom stereocenters. The van der Waals surface area contributed by atoms with Crippen molar-refractivity contribution in [2.24, 2.45) is 11.8 Å². The summed E-state index contributed by atoms with van der Waals surface area (Å²) in [6.07, 6.45) is 10.4. The first-order valence-corrected chi connectivity index (χ1v) is 11.8. The number of carbonyl (C=O) groups excluding carboxylic acids is 2. The van der Waals surface area contributed by atoms with E-state index in [-0.39, 0.29) is 18.4 Å². The van der Waals surface area contributed by atoms with Gasteiger partial charge in [-0.05, 0) is 62.0 Å². The number of likely N-dealkylation sites (tertiary alicyclic amines) is 1. The van der Waals surface area contributed by atoms with Crippen LogP contribution in [0.25, 0.3) is 0 Å². The number of hydrogen-bond acceptors (Lipinski definition) is 4. The van der Waals surface area contributed by atoms with Crippen LogP contribution >= 0.6 is 0 Å². The Morgan fingerprint density at radius 2 is 1.63 bits per heavy atom. The van der Waals surface area contributed by atoms with E-state index >= 15 is 0 Å². The second-order valence-corrected chi connectivity index (χ2v) is 9.70. The minimum absolute atomic E-state index is 0.00682. The number of para-hydroxylation sites is 1. The molecule has 1 atom stereocenters. The topological polar surface area (TPSA) is 72.9 Å². The third-order valence-corrected chi connectivity index (χ3v) is 8.17. The quantitative estimate of drug-likeness (QED) is 0.588. The van der Waals surface area contributed by atoms with E-state index in [1.807, 2.05) is 29.2 Å². The molecule has 5 rings (SSSR count).